The summed E-state index contributed by atoms with van der Waals surface area (Å²) in [6, 6.07) is 3.57. The summed E-state index contributed by atoms with van der Waals surface area (Å²) in [4.78, 5) is 4.15. The Balaban J connectivity index is 2.40. The van der Waals surface area contributed by atoms with Crippen LogP contribution in [0.3, 0.4) is 0 Å². The van der Waals surface area contributed by atoms with Gasteiger partial charge in [-0.05, 0) is 6.42 Å². The molecule has 0 aromatic carbocycles. The van der Waals surface area contributed by atoms with Crippen molar-refractivity contribution < 1.29 is 4.39 Å². The number of fused-ring (bicyclic) bond motifs is 3. The molecule has 0 N–H and O–H groups in total. The maximum Gasteiger partial charge on any atom is 0.235 e. The molecule has 2 heterocycles. The molecule has 2 aromatic rings. The summed E-state index contributed by atoms with van der Waals surface area (Å²) in [6.07, 6.45) is 2.40. The van der Waals surface area contributed by atoms with E-state index in [0.717, 1.165) is 17.7 Å². The zero-order chi connectivity index (χ0) is 12.2. The van der Waals surface area contributed by atoms with Gasteiger partial charge in [0.25, 0.3) is 0 Å². The van der Waals surface area contributed by atoms with Crippen molar-refractivity contribution in [1.82, 2.24) is 14.6 Å². The fourth-order valence-electron chi connectivity index (χ4n) is 2.68. The van der Waals surface area contributed by atoms with Crippen molar-refractivity contribution in [3.63, 3.8) is 0 Å². The largest absolute Gasteiger partial charge is 0.237 e. The Kier molecular flexibility index (Phi) is 1.82. The highest BCUT2D eigenvalue weighted by Crippen LogP contribution is 2.44. The molecule has 0 fully saturated rings. The van der Waals surface area contributed by atoms with Crippen molar-refractivity contribution in [3.8, 4) is 6.07 Å². The van der Waals surface area contributed by atoms with Crippen LogP contribution in [0.2, 0.25) is 0 Å². The average molecular weight is 230 g/mol. The van der Waals surface area contributed by atoms with Crippen molar-refractivity contribution in [2.75, 3.05) is 0 Å². The maximum atomic E-state index is 13.2. The van der Waals surface area contributed by atoms with Gasteiger partial charge in [-0.15, -0.1) is 5.10 Å². The number of hydrogen-bond donors (Lipinski definition) is 0. The van der Waals surface area contributed by atoms with Crippen LogP contribution in [0.1, 0.15) is 37.4 Å². The van der Waals surface area contributed by atoms with E-state index in [1.165, 1.54) is 10.6 Å². The lowest BCUT2D eigenvalue weighted by Crippen LogP contribution is -2.17. The summed E-state index contributed by atoms with van der Waals surface area (Å²) in [5.41, 5.74) is 2.08. The minimum Gasteiger partial charge on any atom is -0.237 e. The van der Waals surface area contributed by atoms with Crippen LogP contribution in [0.4, 0.5) is 4.39 Å². The topological polar surface area (TPSA) is 54.0 Å². The predicted octanol–water partition coefficient (Wildman–Crippen LogP) is 2.16. The van der Waals surface area contributed by atoms with E-state index in [9.17, 15) is 4.39 Å². The smallest absolute Gasteiger partial charge is 0.235 e. The number of nitrogens with zero attached hydrogens (tertiary/aromatic N) is 4. The fourth-order valence-corrected chi connectivity index (χ4v) is 2.68. The monoisotopic (exact) mass is 230 g/mol. The van der Waals surface area contributed by atoms with Crippen molar-refractivity contribution in [3.05, 3.63) is 29.5 Å². The van der Waals surface area contributed by atoms with Gasteiger partial charge in [-0.2, -0.15) is 9.65 Å². The molecule has 4 nitrogen and oxygen atoms in total. The highest BCUT2D eigenvalue weighted by Gasteiger charge is 2.40. The van der Waals surface area contributed by atoms with E-state index in [0.29, 0.717) is 5.65 Å². The van der Waals surface area contributed by atoms with Crippen LogP contribution in [0, 0.1) is 17.3 Å². The molecule has 2 aromatic heterocycles. The van der Waals surface area contributed by atoms with Gasteiger partial charge in [-0.1, -0.05) is 13.8 Å². The molecule has 1 unspecified atom stereocenters. The quantitative estimate of drug-likeness (QED) is 0.696. The van der Waals surface area contributed by atoms with Gasteiger partial charge in [-0.3, -0.25) is 0 Å². The van der Waals surface area contributed by atoms with Gasteiger partial charge in [0.15, 0.2) is 5.65 Å². The predicted molar refractivity (Wildman–Crippen MR) is 58.9 cm³/mol. The van der Waals surface area contributed by atoms with Crippen LogP contribution < -0.4 is 0 Å². The fraction of sp³-hybridized carbons (Fsp3) is 0.417. The lowest BCUT2D eigenvalue weighted by molar-refractivity contribution is 0.478. The molecule has 0 radical (unpaired) electrons. The Bertz CT molecular complexity index is 650. The molecule has 1 aliphatic carbocycles. The van der Waals surface area contributed by atoms with Gasteiger partial charge in [-0.25, -0.2) is 9.50 Å². The van der Waals surface area contributed by atoms with E-state index >= 15 is 0 Å². The molecule has 17 heavy (non-hydrogen) atoms. The van der Waals surface area contributed by atoms with E-state index in [4.69, 9.17) is 5.26 Å². The molecule has 0 saturated heterocycles. The Morgan fingerprint density at radius 2 is 2.35 bits per heavy atom. The van der Waals surface area contributed by atoms with E-state index in [2.05, 4.69) is 16.2 Å². The minimum absolute atomic E-state index is 0.177. The second kappa shape index (κ2) is 3.04. The van der Waals surface area contributed by atoms with E-state index in [1.54, 1.807) is 6.20 Å². The van der Waals surface area contributed by atoms with E-state index in [-0.39, 0.29) is 11.3 Å². The Labute approximate surface area is 97.7 Å². The highest BCUT2D eigenvalue weighted by atomic mass is 19.1. The van der Waals surface area contributed by atoms with E-state index < -0.39 is 5.95 Å². The molecule has 5 heteroatoms. The summed E-state index contributed by atoms with van der Waals surface area (Å²) < 4.78 is 14.7. The number of halogens is 1. The van der Waals surface area contributed by atoms with Crippen LogP contribution in [-0.2, 0) is 5.41 Å². The first kappa shape index (κ1) is 10.2. The third kappa shape index (κ3) is 1.27. The van der Waals surface area contributed by atoms with Crippen molar-refractivity contribution in [1.29, 1.82) is 5.26 Å². The molecule has 1 atom stereocenters. The number of nitriles is 1. The summed E-state index contributed by atoms with van der Waals surface area (Å²) in [7, 11) is 0. The Hall–Kier alpha value is -1.96. The number of rotatable bonds is 0. The SMILES string of the molecule is CC1(C)CC(C#N)c2cnc3cc(F)nn3c21. The third-order valence-corrected chi connectivity index (χ3v) is 3.37. The van der Waals surface area contributed by atoms with Crippen LogP contribution >= 0.6 is 0 Å². The second-order valence-corrected chi connectivity index (χ2v) is 5.07. The number of aromatic nitrogens is 3. The summed E-state index contributed by atoms with van der Waals surface area (Å²) >= 11 is 0. The van der Waals surface area contributed by atoms with Gasteiger partial charge < -0.3 is 0 Å². The molecule has 0 saturated carbocycles. The van der Waals surface area contributed by atoms with Gasteiger partial charge in [0.2, 0.25) is 5.95 Å². The maximum absolute atomic E-state index is 13.2. The summed E-state index contributed by atoms with van der Waals surface area (Å²) in [6.45, 7) is 4.09. The Morgan fingerprint density at radius 1 is 1.59 bits per heavy atom. The average Bonchev–Trinajstić information content (AvgIpc) is 2.75. The van der Waals surface area contributed by atoms with Crippen molar-refractivity contribution in [2.45, 2.75) is 31.6 Å². The minimum atomic E-state index is -0.540. The normalized spacial score (nSPS) is 21.4. The lowest BCUT2D eigenvalue weighted by atomic mass is 9.89. The zero-order valence-corrected chi connectivity index (χ0v) is 9.61. The highest BCUT2D eigenvalue weighted by molar-refractivity contribution is 5.47. The molecular formula is C12H11FN4. The molecule has 86 valence electrons. The molecule has 0 spiro atoms. The second-order valence-electron chi connectivity index (χ2n) is 5.07. The first-order valence-corrected chi connectivity index (χ1v) is 5.47. The summed E-state index contributed by atoms with van der Waals surface area (Å²) in [5.74, 6) is -0.716. The molecule has 1 aliphatic rings. The molecule has 0 bridgehead atoms. The standard InChI is InChI=1S/C12H11FN4/c1-12(2)4-7(5-14)8-6-15-10-3-9(13)16-17(10)11(8)12/h3,6-7H,4H2,1-2H3. The van der Waals surface area contributed by atoms with Crippen LogP contribution in [0.5, 0.6) is 0 Å². The first-order chi connectivity index (χ1) is 8.03. The summed E-state index contributed by atoms with van der Waals surface area (Å²) in [5, 5.41) is 13.0. The van der Waals surface area contributed by atoms with Crippen molar-refractivity contribution in [2.24, 2.45) is 0 Å². The molecular weight excluding hydrogens is 219 g/mol. The third-order valence-electron chi connectivity index (χ3n) is 3.37. The van der Waals surface area contributed by atoms with Crippen LogP contribution in [-0.4, -0.2) is 14.6 Å². The van der Waals surface area contributed by atoms with E-state index in [1.807, 2.05) is 13.8 Å². The first-order valence-electron chi connectivity index (χ1n) is 5.47. The van der Waals surface area contributed by atoms with Gasteiger partial charge in [0.1, 0.15) is 0 Å². The molecule has 3 rings (SSSR count). The molecule has 0 amide bonds. The van der Waals surface area contributed by atoms with Crippen LogP contribution in [0.25, 0.3) is 5.65 Å². The van der Waals surface area contributed by atoms with Crippen molar-refractivity contribution >= 4 is 5.65 Å². The van der Waals surface area contributed by atoms with Gasteiger partial charge in [0.05, 0.1) is 17.7 Å². The Morgan fingerprint density at radius 3 is 3.06 bits per heavy atom. The van der Waals surface area contributed by atoms with Gasteiger partial charge in [0, 0.05) is 23.2 Å². The molecule has 0 aliphatic heterocycles. The van der Waals surface area contributed by atoms with Crippen LogP contribution in [0.15, 0.2) is 12.3 Å². The number of hydrogen-bond acceptors (Lipinski definition) is 3. The van der Waals surface area contributed by atoms with Gasteiger partial charge >= 0.3 is 0 Å². The zero-order valence-electron chi connectivity index (χ0n) is 9.61. The lowest BCUT2D eigenvalue weighted by Gasteiger charge is -2.18.